The second-order valence-corrected chi connectivity index (χ2v) is 4.31. The van der Waals surface area contributed by atoms with Crippen molar-refractivity contribution in [2.24, 2.45) is 0 Å². The first-order chi connectivity index (χ1) is 6.97. The van der Waals surface area contributed by atoms with E-state index in [4.69, 9.17) is 0 Å². The van der Waals surface area contributed by atoms with Crippen LogP contribution < -0.4 is 0 Å². The minimum atomic E-state index is -2.71. The highest BCUT2D eigenvalue weighted by Gasteiger charge is 2.19. The zero-order chi connectivity index (χ0) is 11.6. The fourth-order valence-electron chi connectivity index (χ4n) is 0.887. The van der Waals surface area contributed by atoms with Crippen LogP contribution in [0, 0.1) is 3.70 Å². The van der Waals surface area contributed by atoms with E-state index in [1.807, 2.05) is 0 Å². The van der Waals surface area contributed by atoms with E-state index in [2.05, 4.69) is 25.7 Å². The Morgan fingerprint density at radius 3 is 2.73 bits per heavy atom. The first kappa shape index (κ1) is 12.8. The fraction of sp³-hybridized carbons (Fsp3) is 0.250. The molecule has 0 fully saturated rings. The number of ether oxygens (including phenoxy) is 1. The smallest absolute Gasteiger partial charge is 0.339 e. The van der Waals surface area contributed by atoms with Gasteiger partial charge in [-0.05, 0) is 44.6 Å². The van der Waals surface area contributed by atoms with E-state index in [1.54, 1.807) is 22.6 Å². The minimum Gasteiger partial charge on any atom is -0.465 e. The van der Waals surface area contributed by atoms with Gasteiger partial charge in [0.2, 0.25) is 0 Å². The Kier molecular flexibility index (Phi) is 4.38. The third-order valence-corrected chi connectivity index (χ3v) is 3.89. The topological polar surface area (TPSA) is 39.2 Å². The van der Waals surface area contributed by atoms with Crippen molar-refractivity contribution < 1.29 is 18.3 Å². The maximum absolute atomic E-state index is 12.4. The molecule has 0 bridgehead atoms. The monoisotopic (exact) mass is 391 g/mol. The van der Waals surface area contributed by atoms with E-state index in [0.717, 1.165) is 6.07 Å². The van der Waals surface area contributed by atoms with Gasteiger partial charge in [0.15, 0.2) is 0 Å². The highest BCUT2D eigenvalue weighted by molar-refractivity contribution is 14.1. The maximum Gasteiger partial charge on any atom is 0.339 e. The molecule has 0 saturated heterocycles. The molecule has 1 aromatic heterocycles. The van der Waals surface area contributed by atoms with Crippen LogP contribution in [0.15, 0.2) is 10.5 Å². The Morgan fingerprint density at radius 2 is 2.27 bits per heavy atom. The van der Waals surface area contributed by atoms with Gasteiger partial charge in [-0.2, -0.15) is 0 Å². The molecule has 0 radical (unpaired) electrons. The lowest BCUT2D eigenvalue weighted by Crippen LogP contribution is -2.06. The Bertz CT molecular complexity index is 400. The molecule has 0 saturated carbocycles. The summed E-state index contributed by atoms with van der Waals surface area (Å²) in [6.07, 6.45) is -2.71. The molecule has 7 heteroatoms. The predicted octanol–water partition coefficient (Wildman–Crippen LogP) is 3.17. The van der Waals surface area contributed by atoms with Gasteiger partial charge in [-0.1, -0.05) is 0 Å². The van der Waals surface area contributed by atoms with Crippen molar-refractivity contribution in [2.45, 2.75) is 6.43 Å². The summed E-state index contributed by atoms with van der Waals surface area (Å²) in [7, 11) is 1.18. The molecule has 82 valence electrons. The number of halogens is 4. The summed E-state index contributed by atoms with van der Waals surface area (Å²) in [5, 5.41) is 0. The van der Waals surface area contributed by atoms with Gasteiger partial charge in [0.05, 0.1) is 17.1 Å². The van der Waals surface area contributed by atoms with Crippen LogP contribution in [-0.2, 0) is 4.74 Å². The average Bonchev–Trinajstić information content (AvgIpc) is 2.20. The molecule has 1 heterocycles. The molecule has 0 aliphatic heterocycles. The summed E-state index contributed by atoms with van der Waals surface area (Å²) in [4.78, 5) is 14.9. The van der Waals surface area contributed by atoms with E-state index >= 15 is 0 Å². The highest BCUT2D eigenvalue weighted by Crippen LogP contribution is 2.27. The largest absolute Gasteiger partial charge is 0.465 e. The van der Waals surface area contributed by atoms with Crippen molar-refractivity contribution in [3.63, 3.8) is 0 Å². The maximum atomic E-state index is 12.4. The number of methoxy groups -OCH3 is 1. The Labute approximate surface area is 106 Å². The summed E-state index contributed by atoms with van der Waals surface area (Å²) in [6.45, 7) is 0. The lowest BCUT2D eigenvalue weighted by Gasteiger charge is -2.06. The Morgan fingerprint density at radius 1 is 1.67 bits per heavy atom. The van der Waals surface area contributed by atoms with Crippen LogP contribution in [0.5, 0.6) is 0 Å². The predicted molar refractivity (Wildman–Crippen MR) is 61.0 cm³/mol. The van der Waals surface area contributed by atoms with Crippen molar-refractivity contribution in [3.05, 3.63) is 25.5 Å². The number of hydrogen-bond donors (Lipinski definition) is 0. The zero-order valence-corrected chi connectivity index (χ0v) is 11.2. The summed E-state index contributed by atoms with van der Waals surface area (Å²) >= 11 is 4.85. The molecule has 0 aromatic carbocycles. The van der Waals surface area contributed by atoms with E-state index in [1.165, 1.54) is 7.11 Å². The number of rotatable bonds is 2. The zero-order valence-electron chi connectivity index (χ0n) is 7.43. The first-order valence-corrected chi connectivity index (χ1v) is 5.57. The number of pyridine rings is 1. The Balaban J connectivity index is 3.31. The summed E-state index contributed by atoms with van der Waals surface area (Å²) in [5.41, 5.74) is -0.393. The molecule has 0 N–H and O–H groups in total. The first-order valence-electron chi connectivity index (χ1n) is 3.69. The van der Waals surface area contributed by atoms with Crippen LogP contribution >= 0.6 is 38.5 Å². The fourth-order valence-corrected chi connectivity index (χ4v) is 1.82. The number of alkyl halides is 2. The van der Waals surface area contributed by atoms with Crippen LogP contribution in [0.4, 0.5) is 8.78 Å². The molecule has 0 spiro atoms. The van der Waals surface area contributed by atoms with Gasteiger partial charge in [0, 0.05) is 0 Å². The molecule has 1 aromatic rings. The molecular weight excluding hydrogens is 387 g/mol. The normalized spacial score (nSPS) is 10.5. The molecule has 1 rings (SSSR count). The van der Waals surface area contributed by atoms with Crippen LogP contribution in [0.25, 0.3) is 0 Å². The van der Waals surface area contributed by atoms with Crippen LogP contribution in [0.3, 0.4) is 0 Å². The van der Waals surface area contributed by atoms with Crippen molar-refractivity contribution >= 4 is 44.5 Å². The van der Waals surface area contributed by atoms with E-state index in [-0.39, 0.29) is 5.56 Å². The van der Waals surface area contributed by atoms with Gasteiger partial charge in [0.1, 0.15) is 9.39 Å². The summed E-state index contributed by atoms with van der Waals surface area (Å²) < 4.78 is 29.9. The standard InChI is InChI=1S/C8H5BrF2INO2/c1-15-8(14)3-2-4(6(10)11)13-7(12)5(3)9/h2,6H,1H3. The molecule has 0 amide bonds. The number of aromatic nitrogens is 1. The van der Waals surface area contributed by atoms with Crippen LogP contribution in [0.1, 0.15) is 22.5 Å². The minimum absolute atomic E-state index is 0.0483. The van der Waals surface area contributed by atoms with Gasteiger partial charge < -0.3 is 4.74 Å². The SMILES string of the molecule is COC(=O)c1cc(C(F)F)nc(I)c1Br. The Hall–Kier alpha value is -0.310. The third-order valence-electron chi connectivity index (χ3n) is 1.57. The van der Waals surface area contributed by atoms with E-state index in [0.29, 0.717) is 8.17 Å². The summed E-state index contributed by atoms with van der Waals surface area (Å²) in [6, 6.07) is 1.02. The van der Waals surface area contributed by atoms with E-state index < -0.39 is 18.1 Å². The van der Waals surface area contributed by atoms with Crippen molar-refractivity contribution in [2.75, 3.05) is 7.11 Å². The number of carbonyl (C=O) groups is 1. The highest BCUT2D eigenvalue weighted by atomic mass is 127. The second-order valence-electron chi connectivity index (χ2n) is 2.49. The third kappa shape index (κ3) is 2.83. The lowest BCUT2D eigenvalue weighted by atomic mass is 10.2. The molecule has 15 heavy (non-hydrogen) atoms. The van der Waals surface area contributed by atoms with Crippen LogP contribution in [0.2, 0.25) is 0 Å². The van der Waals surface area contributed by atoms with Gasteiger partial charge in [-0.15, -0.1) is 0 Å². The molecule has 0 unspecified atom stereocenters. The van der Waals surface area contributed by atoms with Gasteiger partial charge in [0.25, 0.3) is 6.43 Å². The molecule has 0 atom stereocenters. The molecule has 0 aliphatic carbocycles. The van der Waals surface area contributed by atoms with Crippen molar-refractivity contribution in [3.8, 4) is 0 Å². The number of esters is 1. The average molecular weight is 392 g/mol. The number of nitrogens with zero attached hydrogens (tertiary/aromatic N) is 1. The molecular formula is C8H5BrF2INO2. The second kappa shape index (κ2) is 5.15. The summed E-state index contributed by atoms with van der Waals surface area (Å²) in [5.74, 6) is -0.677. The number of hydrogen-bond acceptors (Lipinski definition) is 3. The van der Waals surface area contributed by atoms with Crippen molar-refractivity contribution in [1.29, 1.82) is 0 Å². The number of carbonyl (C=O) groups excluding carboxylic acids is 1. The van der Waals surface area contributed by atoms with E-state index in [9.17, 15) is 13.6 Å². The molecule has 0 aliphatic rings. The quantitative estimate of drug-likeness (QED) is 0.441. The van der Waals surface area contributed by atoms with Gasteiger partial charge >= 0.3 is 5.97 Å². The lowest BCUT2D eigenvalue weighted by molar-refractivity contribution is 0.0598. The van der Waals surface area contributed by atoms with Gasteiger partial charge in [-0.25, -0.2) is 18.6 Å². The van der Waals surface area contributed by atoms with Crippen molar-refractivity contribution in [1.82, 2.24) is 4.98 Å². The van der Waals surface area contributed by atoms with Crippen LogP contribution in [-0.4, -0.2) is 18.1 Å². The van der Waals surface area contributed by atoms with Gasteiger partial charge in [-0.3, -0.25) is 0 Å². The molecule has 3 nitrogen and oxygen atoms in total.